The minimum Gasteiger partial charge on any atom is -0.382 e. The van der Waals surface area contributed by atoms with E-state index < -0.39 is 0 Å². The third-order valence-electron chi connectivity index (χ3n) is 3.26. The van der Waals surface area contributed by atoms with E-state index in [9.17, 15) is 4.79 Å². The maximum Gasteiger partial charge on any atom is 0.258 e. The van der Waals surface area contributed by atoms with Gasteiger partial charge in [-0.1, -0.05) is 0 Å². The molecule has 2 aromatic heterocycles. The van der Waals surface area contributed by atoms with Crippen molar-refractivity contribution in [1.82, 2.24) is 9.69 Å². The zero-order chi connectivity index (χ0) is 14.1. The highest BCUT2D eigenvalue weighted by molar-refractivity contribution is 7.11. The van der Waals surface area contributed by atoms with E-state index in [2.05, 4.69) is 32.7 Å². The van der Waals surface area contributed by atoms with E-state index in [1.165, 1.54) is 22.7 Å². The molecule has 5 nitrogen and oxygen atoms in total. The van der Waals surface area contributed by atoms with E-state index in [0.29, 0.717) is 24.0 Å². The summed E-state index contributed by atoms with van der Waals surface area (Å²) in [6.07, 6.45) is 2.11. The molecule has 2 aromatic rings. The summed E-state index contributed by atoms with van der Waals surface area (Å²) in [5.74, 6) is 0.181. The minimum atomic E-state index is -0.122. The van der Waals surface area contributed by atoms with Crippen molar-refractivity contribution in [3.8, 4) is 0 Å². The van der Waals surface area contributed by atoms with E-state index in [1.54, 1.807) is 11.3 Å². The van der Waals surface area contributed by atoms with Crippen molar-refractivity contribution in [1.29, 1.82) is 0 Å². The number of carbonyl (C=O) groups excluding carboxylic acids is 1. The van der Waals surface area contributed by atoms with Crippen LogP contribution >= 0.6 is 22.9 Å². The van der Waals surface area contributed by atoms with E-state index in [-0.39, 0.29) is 5.91 Å². The van der Waals surface area contributed by atoms with Crippen LogP contribution in [0.3, 0.4) is 0 Å². The lowest BCUT2D eigenvalue weighted by atomic mass is 10.2. The normalized spacial score (nSPS) is 14.2. The Balaban J connectivity index is 1.72. The summed E-state index contributed by atoms with van der Waals surface area (Å²) in [5, 5.41) is 11.2. The minimum absolute atomic E-state index is 0.122. The molecule has 0 atom stereocenters. The maximum absolute atomic E-state index is 12.2. The Morgan fingerprint density at radius 3 is 2.95 bits per heavy atom. The zero-order valence-corrected chi connectivity index (χ0v) is 12.7. The van der Waals surface area contributed by atoms with Crippen LogP contribution in [0.1, 0.15) is 34.3 Å². The second-order valence-corrected chi connectivity index (χ2v) is 6.47. The quantitative estimate of drug-likeness (QED) is 0.793. The molecule has 0 aliphatic heterocycles. The molecule has 0 radical (unpaired) electrons. The van der Waals surface area contributed by atoms with Gasteiger partial charge in [-0.3, -0.25) is 4.79 Å². The fourth-order valence-electron chi connectivity index (χ4n) is 1.87. The molecule has 1 fully saturated rings. The van der Waals surface area contributed by atoms with Crippen molar-refractivity contribution >= 4 is 39.6 Å². The molecular weight excluding hydrogens is 292 g/mol. The predicted octanol–water partition coefficient (Wildman–Crippen LogP) is 2.60. The number of nitrogens with two attached hydrogens (primary N) is 1. The van der Waals surface area contributed by atoms with Crippen molar-refractivity contribution in [3.05, 3.63) is 27.5 Å². The number of hydrogen-bond acceptors (Lipinski definition) is 6. The Kier molecular flexibility index (Phi) is 3.62. The van der Waals surface area contributed by atoms with Crippen LogP contribution in [0.15, 0.2) is 10.8 Å². The van der Waals surface area contributed by atoms with Gasteiger partial charge in [0.1, 0.15) is 10.6 Å². The van der Waals surface area contributed by atoms with Gasteiger partial charge in [0.05, 0.1) is 0 Å². The average molecular weight is 308 g/mol. The largest absolute Gasteiger partial charge is 0.382 e. The molecule has 0 unspecified atom stereocenters. The standard InChI is InChI=1S/C13H16N4OS2/c1-7-5-19-6-8(7)4-15-13-10(11(14)17-20-13)12(18)16-9-2-3-9/h5-6,9,15H,2-4H2,1H3,(H2,14,17)(H,16,18). The number of hydrogen-bond donors (Lipinski definition) is 3. The summed E-state index contributed by atoms with van der Waals surface area (Å²) in [4.78, 5) is 12.2. The van der Waals surface area contributed by atoms with Crippen molar-refractivity contribution in [3.63, 3.8) is 0 Å². The lowest BCUT2D eigenvalue weighted by Crippen LogP contribution is -2.26. The number of amides is 1. The third-order valence-corrected chi connectivity index (χ3v) is 4.99. The summed E-state index contributed by atoms with van der Waals surface area (Å²) in [6.45, 7) is 2.76. The molecule has 1 aliphatic rings. The Labute approximate surface area is 125 Å². The lowest BCUT2D eigenvalue weighted by molar-refractivity contribution is 0.0953. The van der Waals surface area contributed by atoms with Crippen LogP contribution in [-0.2, 0) is 6.54 Å². The molecule has 0 aromatic carbocycles. The molecule has 1 amide bonds. The van der Waals surface area contributed by atoms with Gasteiger partial charge in [-0.2, -0.15) is 15.7 Å². The molecule has 106 valence electrons. The van der Waals surface area contributed by atoms with Gasteiger partial charge in [-0.05, 0) is 53.2 Å². The van der Waals surface area contributed by atoms with Crippen LogP contribution in [0.5, 0.6) is 0 Å². The fraction of sp³-hybridized carbons (Fsp3) is 0.385. The molecule has 7 heteroatoms. The number of aryl methyl sites for hydroxylation is 1. The highest BCUT2D eigenvalue weighted by Gasteiger charge is 2.27. The Morgan fingerprint density at radius 2 is 2.30 bits per heavy atom. The van der Waals surface area contributed by atoms with E-state index >= 15 is 0 Å². The van der Waals surface area contributed by atoms with Crippen LogP contribution < -0.4 is 16.4 Å². The van der Waals surface area contributed by atoms with Gasteiger partial charge < -0.3 is 16.4 Å². The van der Waals surface area contributed by atoms with Gasteiger partial charge in [-0.15, -0.1) is 0 Å². The van der Waals surface area contributed by atoms with Crippen LogP contribution in [0.4, 0.5) is 10.8 Å². The Hall–Kier alpha value is -1.60. The fourth-order valence-corrected chi connectivity index (χ4v) is 3.43. The first-order valence-corrected chi connectivity index (χ1v) is 8.18. The van der Waals surface area contributed by atoms with E-state index in [0.717, 1.165) is 17.8 Å². The second kappa shape index (κ2) is 5.41. The Morgan fingerprint density at radius 1 is 1.50 bits per heavy atom. The number of aromatic nitrogens is 1. The van der Waals surface area contributed by atoms with Gasteiger partial charge in [-0.25, -0.2) is 0 Å². The maximum atomic E-state index is 12.2. The molecule has 0 bridgehead atoms. The number of nitrogen functional groups attached to an aromatic ring is 1. The predicted molar refractivity (Wildman–Crippen MR) is 83.4 cm³/mol. The SMILES string of the molecule is Cc1cscc1CNc1snc(N)c1C(=O)NC1CC1. The summed E-state index contributed by atoms with van der Waals surface area (Å²) < 4.78 is 4.09. The monoisotopic (exact) mass is 308 g/mol. The van der Waals surface area contributed by atoms with Crippen LogP contribution in [0, 0.1) is 6.92 Å². The van der Waals surface area contributed by atoms with Crippen LogP contribution in [-0.4, -0.2) is 16.3 Å². The molecule has 1 saturated carbocycles. The second-order valence-electron chi connectivity index (χ2n) is 4.95. The molecule has 0 saturated heterocycles. The van der Waals surface area contributed by atoms with Crippen molar-refractivity contribution in [2.24, 2.45) is 0 Å². The van der Waals surface area contributed by atoms with Gasteiger partial charge in [0.2, 0.25) is 0 Å². The molecule has 1 aliphatic carbocycles. The first-order valence-electron chi connectivity index (χ1n) is 6.46. The summed E-state index contributed by atoms with van der Waals surface area (Å²) in [5.41, 5.74) is 8.78. The average Bonchev–Trinajstić information content (AvgIpc) is 3.00. The molecule has 2 heterocycles. The van der Waals surface area contributed by atoms with E-state index in [4.69, 9.17) is 5.73 Å². The summed E-state index contributed by atoms with van der Waals surface area (Å²) in [6, 6.07) is 0.314. The number of nitrogens with zero attached hydrogens (tertiary/aromatic N) is 1. The molecule has 4 N–H and O–H groups in total. The van der Waals surface area contributed by atoms with Crippen molar-refractivity contribution < 1.29 is 4.79 Å². The number of rotatable bonds is 5. The van der Waals surface area contributed by atoms with Crippen LogP contribution in [0.2, 0.25) is 0 Å². The lowest BCUT2D eigenvalue weighted by Gasteiger charge is -2.07. The van der Waals surface area contributed by atoms with Gasteiger partial charge in [0, 0.05) is 12.6 Å². The highest BCUT2D eigenvalue weighted by Crippen LogP contribution is 2.29. The molecule has 0 spiro atoms. The first kappa shape index (κ1) is 13.4. The summed E-state index contributed by atoms with van der Waals surface area (Å²) >= 11 is 2.91. The number of nitrogens with one attached hydrogen (secondary N) is 2. The smallest absolute Gasteiger partial charge is 0.258 e. The molecule has 20 heavy (non-hydrogen) atoms. The number of carbonyl (C=O) groups is 1. The highest BCUT2D eigenvalue weighted by atomic mass is 32.1. The topological polar surface area (TPSA) is 80.0 Å². The van der Waals surface area contributed by atoms with Crippen molar-refractivity contribution in [2.75, 3.05) is 11.1 Å². The van der Waals surface area contributed by atoms with Gasteiger partial charge in [0.25, 0.3) is 5.91 Å². The van der Waals surface area contributed by atoms with Gasteiger partial charge in [0.15, 0.2) is 5.82 Å². The van der Waals surface area contributed by atoms with Crippen LogP contribution in [0.25, 0.3) is 0 Å². The number of anilines is 2. The molecule has 3 rings (SSSR count). The number of thiophene rings is 1. The van der Waals surface area contributed by atoms with Crippen molar-refractivity contribution in [2.45, 2.75) is 32.4 Å². The third kappa shape index (κ3) is 2.78. The Bertz CT molecular complexity index is 630. The molecular formula is C13H16N4OS2. The summed E-state index contributed by atoms with van der Waals surface area (Å²) in [7, 11) is 0. The first-order chi connectivity index (χ1) is 9.65. The van der Waals surface area contributed by atoms with Gasteiger partial charge >= 0.3 is 0 Å². The zero-order valence-electron chi connectivity index (χ0n) is 11.1. The van der Waals surface area contributed by atoms with E-state index in [1.807, 2.05) is 0 Å².